The van der Waals surface area contributed by atoms with Crippen molar-refractivity contribution in [2.24, 2.45) is 0 Å². The molecule has 0 aliphatic rings. The van der Waals surface area contributed by atoms with Gasteiger partial charge >= 0.3 is 0 Å². The monoisotopic (exact) mass is 112 g/mol. The molecule has 32 valence electrons. The van der Waals surface area contributed by atoms with Gasteiger partial charge in [0.2, 0.25) is 0 Å². The molecule has 0 aliphatic carbocycles. The highest BCUT2D eigenvalue weighted by Crippen LogP contribution is 1.63. The molecule has 0 bridgehead atoms. The van der Waals surface area contributed by atoms with E-state index in [9.17, 15) is 4.21 Å². The first-order chi connectivity index (χ1) is 2.00. The minimum Gasteiger partial charge on any atom is -0.306 e. The molecule has 0 amide bonds. The van der Waals surface area contributed by atoms with E-state index in [4.69, 9.17) is 4.55 Å². The van der Waals surface area contributed by atoms with Crippen LogP contribution in [0.5, 0.6) is 0 Å². The van der Waals surface area contributed by atoms with E-state index in [2.05, 4.69) is 11.2 Å². The minimum absolute atomic E-state index is 1.09. The zero-order valence-electron chi connectivity index (χ0n) is 2.67. The number of rotatable bonds is 0. The summed E-state index contributed by atoms with van der Waals surface area (Å²) in [7, 11) is -2.83. The van der Waals surface area contributed by atoms with Crippen molar-refractivity contribution in [3.05, 3.63) is 0 Å². The standard InChI is InChI=1S/CH4O2S2/c1-5(2,3)4/h1H3,(H,2,3,4). The van der Waals surface area contributed by atoms with E-state index in [-0.39, 0.29) is 0 Å². The summed E-state index contributed by atoms with van der Waals surface area (Å²) in [6.07, 6.45) is 1.09. The maximum absolute atomic E-state index is 9.56. The molecule has 0 aromatic heterocycles. The van der Waals surface area contributed by atoms with Gasteiger partial charge in [-0.05, 0) is 0 Å². The first-order valence-corrected chi connectivity index (χ1v) is 3.77. The molecule has 0 heterocycles. The Balaban J connectivity index is 4.06. The molecule has 0 spiro atoms. The highest BCUT2D eigenvalue weighted by atomic mass is 32.8. The molecule has 1 unspecified atom stereocenters. The average molecular weight is 112 g/mol. The van der Waals surface area contributed by atoms with E-state index >= 15 is 0 Å². The summed E-state index contributed by atoms with van der Waals surface area (Å²) in [5.74, 6) is 0. The predicted octanol–water partition coefficient (Wildman–Crippen LogP) is -0.164. The van der Waals surface area contributed by atoms with Crippen molar-refractivity contribution in [3.8, 4) is 0 Å². The maximum Gasteiger partial charge on any atom is 0.138 e. The molecule has 5 heavy (non-hydrogen) atoms. The second-order valence-electron chi connectivity index (χ2n) is 0.733. The van der Waals surface area contributed by atoms with Crippen LogP contribution in [-0.2, 0) is 20.0 Å². The molecular weight excluding hydrogens is 108 g/mol. The first-order valence-electron chi connectivity index (χ1n) is 0.924. The van der Waals surface area contributed by atoms with Crippen molar-refractivity contribution in [1.29, 1.82) is 0 Å². The number of hydrogen-bond acceptors (Lipinski definition) is 2. The Morgan fingerprint density at radius 3 is 2.00 bits per heavy atom. The molecule has 0 radical (unpaired) electrons. The van der Waals surface area contributed by atoms with Gasteiger partial charge < -0.3 is 4.55 Å². The topological polar surface area (TPSA) is 37.3 Å². The maximum atomic E-state index is 9.56. The first kappa shape index (κ1) is 5.33. The average Bonchev–Trinajstić information content (AvgIpc) is 0.722. The van der Waals surface area contributed by atoms with Crippen LogP contribution in [0.3, 0.4) is 0 Å². The smallest absolute Gasteiger partial charge is 0.138 e. The fourth-order valence-electron chi connectivity index (χ4n) is 0. The largest absolute Gasteiger partial charge is 0.306 e. The zero-order valence-corrected chi connectivity index (χ0v) is 4.30. The normalized spacial score (nSPS) is 21.2. The quantitative estimate of drug-likeness (QED) is 0.473. The summed E-state index contributed by atoms with van der Waals surface area (Å²) in [5, 5.41) is 0. The van der Waals surface area contributed by atoms with Crippen LogP contribution >= 0.6 is 0 Å². The Hall–Kier alpha value is 0.330. The third kappa shape index (κ3) is 216. The summed E-state index contributed by atoms with van der Waals surface area (Å²) in [6, 6.07) is 0. The molecule has 0 aliphatic heterocycles. The van der Waals surface area contributed by atoms with Crippen LogP contribution in [0.4, 0.5) is 0 Å². The second-order valence-corrected chi connectivity index (χ2v) is 4.05. The van der Waals surface area contributed by atoms with E-state index in [0.717, 1.165) is 6.26 Å². The summed E-state index contributed by atoms with van der Waals surface area (Å²) < 4.78 is 17.4. The molecule has 1 atom stereocenters. The van der Waals surface area contributed by atoms with Crippen LogP contribution in [0, 0.1) is 0 Å². The zero-order chi connectivity index (χ0) is 4.50. The van der Waals surface area contributed by atoms with Crippen molar-refractivity contribution in [2.75, 3.05) is 6.26 Å². The van der Waals surface area contributed by atoms with Gasteiger partial charge in [0, 0.05) is 17.4 Å². The van der Waals surface area contributed by atoms with Crippen molar-refractivity contribution < 1.29 is 8.76 Å². The van der Waals surface area contributed by atoms with Gasteiger partial charge in [-0.2, -0.15) is 0 Å². The lowest BCUT2D eigenvalue weighted by molar-refractivity contribution is 0.568. The van der Waals surface area contributed by atoms with Crippen LogP contribution in [-0.4, -0.2) is 15.0 Å². The Morgan fingerprint density at radius 2 is 2.00 bits per heavy atom. The third-order valence-corrected chi connectivity index (χ3v) is 0. The minimum atomic E-state index is -2.83. The Morgan fingerprint density at radius 1 is 2.00 bits per heavy atom. The summed E-state index contributed by atoms with van der Waals surface area (Å²) in [6.45, 7) is 0. The lowest BCUT2D eigenvalue weighted by Crippen LogP contribution is -1.85. The van der Waals surface area contributed by atoms with Crippen molar-refractivity contribution in [1.82, 2.24) is 0 Å². The molecule has 0 aromatic carbocycles. The van der Waals surface area contributed by atoms with Gasteiger partial charge in [-0.1, -0.05) is 0 Å². The van der Waals surface area contributed by atoms with E-state index in [1.54, 1.807) is 0 Å². The summed E-state index contributed by atoms with van der Waals surface area (Å²) in [4.78, 5) is 0. The predicted molar refractivity (Wildman–Crippen MR) is 24.1 cm³/mol. The molecular formula is CH4O2S2. The Labute approximate surface area is 35.7 Å². The fourth-order valence-corrected chi connectivity index (χ4v) is 0. The molecule has 2 nitrogen and oxygen atoms in total. The molecule has 0 saturated carbocycles. The van der Waals surface area contributed by atoms with Crippen molar-refractivity contribution >= 4 is 20.0 Å². The highest BCUT2D eigenvalue weighted by Gasteiger charge is 1.75. The summed E-state index contributed by atoms with van der Waals surface area (Å²) >= 11 is 3.91. The Kier molecular flexibility index (Phi) is 1.28. The second kappa shape index (κ2) is 1.20. The molecule has 0 saturated heterocycles. The van der Waals surface area contributed by atoms with E-state index < -0.39 is 8.77 Å². The molecule has 4 heteroatoms. The van der Waals surface area contributed by atoms with E-state index in [0.29, 0.717) is 0 Å². The van der Waals surface area contributed by atoms with E-state index in [1.165, 1.54) is 0 Å². The van der Waals surface area contributed by atoms with Crippen LogP contribution in [0.2, 0.25) is 0 Å². The third-order valence-electron chi connectivity index (χ3n) is 0. The van der Waals surface area contributed by atoms with Crippen LogP contribution in [0.15, 0.2) is 0 Å². The van der Waals surface area contributed by atoms with Gasteiger partial charge in [-0.3, -0.25) is 0 Å². The highest BCUT2D eigenvalue weighted by molar-refractivity contribution is 8.29. The van der Waals surface area contributed by atoms with Crippen LogP contribution in [0.1, 0.15) is 0 Å². The fraction of sp³-hybridized carbons (Fsp3) is 1.00. The number of hydrogen-bond donors (Lipinski definition) is 1. The molecule has 1 N–H and O–H groups in total. The van der Waals surface area contributed by atoms with E-state index in [1.807, 2.05) is 0 Å². The molecule has 0 aromatic rings. The molecule has 0 rings (SSSR count). The van der Waals surface area contributed by atoms with Gasteiger partial charge in [-0.25, -0.2) is 4.21 Å². The van der Waals surface area contributed by atoms with Gasteiger partial charge in [0.25, 0.3) is 0 Å². The lowest BCUT2D eigenvalue weighted by Gasteiger charge is -1.74. The lowest BCUT2D eigenvalue weighted by atomic mass is 12.0. The van der Waals surface area contributed by atoms with Gasteiger partial charge in [0.05, 0.1) is 0 Å². The van der Waals surface area contributed by atoms with Gasteiger partial charge in [0.15, 0.2) is 0 Å². The van der Waals surface area contributed by atoms with Gasteiger partial charge in [0.1, 0.15) is 8.77 Å². The van der Waals surface area contributed by atoms with Crippen molar-refractivity contribution in [3.63, 3.8) is 0 Å². The Bertz CT molecular complexity index is 90.8. The van der Waals surface area contributed by atoms with Gasteiger partial charge in [-0.15, -0.1) is 0 Å². The van der Waals surface area contributed by atoms with Crippen LogP contribution < -0.4 is 0 Å². The molecule has 0 fully saturated rings. The van der Waals surface area contributed by atoms with Crippen molar-refractivity contribution in [2.45, 2.75) is 0 Å². The summed E-state index contributed by atoms with van der Waals surface area (Å²) in [5.41, 5.74) is 0. The van der Waals surface area contributed by atoms with Crippen LogP contribution in [0.25, 0.3) is 0 Å². The SMILES string of the molecule is CS(=O)(O)=S.